The quantitative estimate of drug-likeness (QED) is 0.0499. The molecule has 1 heterocycles. The SMILES string of the molecule is CCCCCC=CCC=CCCCCCCCCOCC(CN1CCCCC1)OCCOCCO[C@H]1CC[C@@]2(C)C(=CCC3C4CC[C@H](CCCCC(C)C)C4CCC32)C1. The van der Waals surface area contributed by atoms with Crippen LogP contribution in [0.5, 0.6) is 0 Å². The van der Waals surface area contributed by atoms with Gasteiger partial charge in [0.1, 0.15) is 0 Å². The zero-order valence-corrected chi connectivity index (χ0v) is 40.0. The van der Waals surface area contributed by atoms with Crippen LogP contribution >= 0.6 is 0 Å². The minimum atomic E-state index is 0.122. The fraction of sp³-hybridized carbons (Fsp3) is 0.891. The molecule has 8 atom stereocenters. The Hall–Kier alpha value is -0.980. The smallest absolute Gasteiger partial charge is 0.0936 e. The van der Waals surface area contributed by atoms with E-state index in [0.29, 0.717) is 44.6 Å². The highest BCUT2D eigenvalue weighted by Gasteiger charge is 2.54. The first-order chi connectivity index (χ1) is 29.5. The Bertz CT molecular complexity index is 1190. The predicted octanol–water partition coefficient (Wildman–Crippen LogP) is 14.5. The molecule has 3 saturated carbocycles. The van der Waals surface area contributed by atoms with E-state index in [9.17, 15) is 0 Å². The summed E-state index contributed by atoms with van der Waals surface area (Å²) in [5.41, 5.74) is 2.15. The van der Waals surface area contributed by atoms with Crippen molar-refractivity contribution in [2.45, 2.75) is 213 Å². The summed E-state index contributed by atoms with van der Waals surface area (Å²) in [5, 5.41) is 0. The van der Waals surface area contributed by atoms with Crippen molar-refractivity contribution in [3.63, 3.8) is 0 Å². The molecular weight excluding hydrogens is 739 g/mol. The third-order valence-electron chi connectivity index (χ3n) is 16.0. The molecular formula is C55H97NO4. The minimum absolute atomic E-state index is 0.122. The van der Waals surface area contributed by atoms with Crippen LogP contribution in [0.1, 0.15) is 201 Å². The van der Waals surface area contributed by atoms with Gasteiger partial charge in [-0.3, -0.25) is 0 Å². The van der Waals surface area contributed by atoms with E-state index in [1.807, 2.05) is 0 Å². The molecule has 346 valence electrons. The van der Waals surface area contributed by atoms with Gasteiger partial charge in [0.25, 0.3) is 0 Å². The van der Waals surface area contributed by atoms with E-state index < -0.39 is 0 Å². The van der Waals surface area contributed by atoms with E-state index in [2.05, 4.69) is 63.0 Å². The summed E-state index contributed by atoms with van der Waals surface area (Å²) in [6.45, 7) is 17.2. The summed E-state index contributed by atoms with van der Waals surface area (Å²) in [6.07, 6.45) is 48.7. The lowest BCUT2D eigenvalue weighted by atomic mass is 9.50. The van der Waals surface area contributed by atoms with Gasteiger partial charge in [-0.1, -0.05) is 134 Å². The molecule has 1 saturated heterocycles. The van der Waals surface area contributed by atoms with Crippen LogP contribution in [0.15, 0.2) is 36.0 Å². The monoisotopic (exact) mass is 836 g/mol. The van der Waals surface area contributed by atoms with Crippen molar-refractivity contribution < 1.29 is 18.9 Å². The van der Waals surface area contributed by atoms with Crippen LogP contribution in [-0.2, 0) is 18.9 Å². The number of hydrogen-bond acceptors (Lipinski definition) is 5. The molecule has 4 aliphatic carbocycles. The van der Waals surface area contributed by atoms with Crippen LogP contribution in [-0.4, -0.2) is 76.4 Å². The molecule has 4 fully saturated rings. The number of hydrogen-bond donors (Lipinski definition) is 0. The highest BCUT2D eigenvalue weighted by atomic mass is 16.6. The molecule has 0 aromatic rings. The first-order valence-electron chi connectivity index (χ1n) is 26.6. The number of piperidine rings is 1. The van der Waals surface area contributed by atoms with E-state index in [1.54, 1.807) is 5.57 Å². The first-order valence-corrected chi connectivity index (χ1v) is 26.6. The number of nitrogens with zero attached hydrogens (tertiary/aromatic N) is 1. The van der Waals surface area contributed by atoms with Gasteiger partial charge in [-0.2, -0.15) is 0 Å². The zero-order chi connectivity index (χ0) is 42.1. The largest absolute Gasteiger partial charge is 0.379 e. The topological polar surface area (TPSA) is 40.2 Å². The van der Waals surface area contributed by atoms with Crippen LogP contribution in [0.2, 0.25) is 0 Å². The number of unbranched alkanes of at least 4 members (excludes halogenated alkanes) is 10. The highest BCUT2D eigenvalue weighted by molar-refractivity contribution is 5.24. The van der Waals surface area contributed by atoms with Gasteiger partial charge in [0.15, 0.2) is 0 Å². The van der Waals surface area contributed by atoms with Gasteiger partial charge in [0, 0.05) is 13.2 Å². The van der Waals surface area contributed by atoms with E-state index in [4.69, 9.17) is 18.9 Å². The molecule has 0 aromatic carbocycles. The number of ether oxygens (including phenoxy) is 4. The molecule has 0 radical (unpaired) electrons. The number of likely N-dealkylation sites (tertiary alicyclic amines) is 1. The second kappa shape index (κ2) is 29.5. The summed E-state index contributed by atoms with van der Waals surface area (Å²) in [5.74, 6) is 5.76. The summed E-state index contributed by atoms with van der Waals surface area (Å²) >= 11 is 0. The normalized spacial score (nSPS) is 29.0. The maximum Gasteiger partial charge on any atom is 0.0936 e. The third-order valence-corrected chi connectivity index (χ3v) is 16.0. The molecule has 5 nitrogen and oxygen atoms in total. The molecule has 5 rings (SSSR count). The highest BCUT2D eigenvalue weighted by Crippen LogP contribution is 2.62. The molecule has 0 aromatic heterocycles. The molecule has 5 aliphatic rings. The van der Waals surface area contributed by atoms with Gasteiger partial charge >= 0.3 is 0 Å². The van der Waals surface area contributed by atoms with Gasteiger partial charge in [-0.25, -0.2) is 0 Å². The van der Waals surface area contributed by atoms with Crippen molar-refractivity contribution in [1.82, 2.24) is 4.90 Å². The predicted molar refractivity (Wildman–Crippen MR) is 255 cm³/mol. The summed E-state index contributed by atoms with van der Waals surface area (Å²) < 4.78 is 25.2. The number of rotatable bonds is 32. The van der Waals surface area contributed by atoms with E-state index >= 15 is 0 Å². The lowest BCUT2D eigenvalue weighted by molar-refractivity contribution is -0.0656. The summed E-state index contributed by atoms with van der Waals surface area (Å²) in [6, 6.07) is 0. The molecule has 1 aliphatic heterocycles. The summed E-state index contributed by atoms with van der Waals surface area (Å²) in [4.78, 5) is 2.58. The molecule has 0 N–H and O–H groups in total. The van der Waals surface area contributed by atoms with Crippen LogP contribution in [0, 0.1) is 40.9 Å². The first kappa shape index (κ1) is 50.0. The number of fused-ring (bicyclic) bond motifs is 5. The third kappa shape index (κ3) is 17.5. The van der Waals surface area contributed by atoms with Crippen molar-refractivity contribution >= 4 is 0 Å². The van der Waals surface area contributed by atoms with Gasteiger partial charge in [-0.15, -0.1) is 0 Å². The second-order valence-corrected chi connectivity index (χ2v) is 20.9. The van der Waals surface area contributed by atoms with Gasteiger partial charge in [0.2, 0.25) is 0 Å². The molecule has 60 heavy (non-hydrogen) atoms. The van der Waals surface area contributed by atoms with Crippen molar-refractivity contribution in [3.05, 3.63) is 36.0 Å². The molecule has 0 bridgehead atoms. The standard InChI is InChI=1S/C55H97NO4/c1-5-6-7-8-9-10-11-12-13-14-15-16-17-18-19-25-38-58-45-50(44-56-36-23-20-24-37-56)60-42-40-57-39-41-59-49-34-35-55(4)48(43-49)29-31-53-52-30-28-47(27-22-21-26-46(2)3)51(52)32-33-54(53)55/h9-10,12-13,29,46-47,49-54H,5-8,11,14-28,30-45H2,1-4H3/t47-,49-,50?,51?,52?,53?,54?,55-/m0/s1. The van der Waals surface area contributed by atoms with Crippen LogP contribution in [0.3, 0.4) is 0 Å². The van der Waals surface area contributed by atoms with Gasteiger partial charge < -0.3 is 23.8 Å². The Morgan fingerprint density at radius 1 is 0.717 bits per heavy atom. The number of allylic oxidation sites excluding steroid dienone is 5. The zero-order valence-electron chi connectivity index (χ0n) is 40.0. The van der Waals surface area contributed by atoms with Crippen LogP contribution in [0.25, 0.3) is 0 Å². The van der Waals surface area contributed by atoms with E-state index in [1.165, 1.54) is 167 Å². The Labute approximate surface area is 372 Å². The molecule has 0 spiro atoms. The molecule has 0 amide bonds. The summed E-state index contributed by atoms with van der Waals surface area (Å²) in [7, 11) is 0. The van der Waals surface area contributed by atoms with E-state index in [-0.39, 0.29) is 6.10 Å². The Morgan fingerprint density at radius 2 is 1.47 bits per heavy atom. The van der Waals surface area contributed by atoms with Crippen LogP contribution in [0.4, 0.5) is 0 Å². The second-order valence-electron chi connectivity index (χ2n) is 20.9. The fourth-order valence-electron chi connectivity index (χ4n) is 12.5. The van der Waals surface area contributed by atoms with Crippen molar-refractivity contribution in [1.29, 1.82) is 0 Å². The lowest BCUT2D eigenvalue weighted by Gasteiger charge is -2.55. The van der Waals surface area contributed by atoms with Crippen molar-refractivity contribution in [2.75, 3.05) is 59.3 Å². The average Bonchev–Trinajstić information content (AvgIpc) is 3.68. The lowest BCUT2D eigenvalue weighted by Crippen LogP contribution is -2.47. The van der Waals surface area contributed by atoms with Crippen molar-refractivity contribution in [3.8, 4) is 0 Å². The van der Waals surface area contributed by atoms with Crippen LogP contribution < -0.4 is 0 Å². The Kier molecular flexibility index (Phi) is 24.6. The maximum atomic E-state index is 6.49. The van der Waals surface area contributed by atoms with Crippen molar-refractivity contribution in [2.24, 2.45) is 40.9 Å². The fourth-order valence-corrected chi connectivity index (χ4v) is 12.5. The Balaban J connectivity index is 0.889. The minimum Gasteiger partial charge on any atom is -0.379 e. The Morgan fingerprint density at radius 3 is 2.27 bits per heavy atom. The maximum absolute atomic E-state index is 6.49. The van der Waals surface area contributed by atoms with Gasteiger partial charge in [-0.05, 0) is 157 Å². The molecule has 5 unspecified atom stereocenters. The average molecular weight is 836 g/mol. The van der Waals surface area contributed by atoms with Gasteiger partial charge in [0.05, 0.1) is 45.2 Å². The molecule has 5 heteroatoms. The van der Waals surface area contributed by atoms with E-state index in [0.717, 1.165) is 67.9 Å².